The molecule has 4 N–H and O–H groups in total. The maximum atomic E-state index is 12.7. The predicted octanol–water partition coefficient (Wildman–Crippen LogP) is 4.73. The first-order chi connectivity index (χ1) is 15.3. The van der Waals surface area contributed by atoms with E-state index in [-0.39, 0.29) is 5.78 Å². The average molecular weight is 471 g/mol. The Hall–Kier alpha value is -2.05. The van der Waals surface area contributed by atoms with Gasteiger partial charge in [-0.15, -0.1) is 0 Å². The van der Waals surface area contributed by atoms with Crippen LogP contribution in [0.4, 0.5) is 0 Å². The Morgan fingerprint density at radius 1 is 0.529 bits per heavy atom. The zero-order valence-corrected chi connectivity index (χ0v) is 22.0. The molecule has 0 aliphatic rings. The Kier molecular flexibility index (Phi) is 8.21. The van der Waals surface area contributed by atoms with Crippen molar-refractivity contribution in [1.29, 1.82) is 0 Å². The van der Waals surface area contributed by atoms with E-state index in [1.807, 2.05) is 24.3 Å². The summed E-state index contributed by atoms with van der Waals surface area (Å²) in [6.07, 6.45) is 1.74. The number of aliphatic hydroxyl groups is 4. The van der Waals surface area contributed by atoms with Crippen molar-refractivity contribution in [1.82, 2.24) is 0 Å². The third-order valence-electron chi connectivity index (χ3n) is 6.20. The molecule has 0 saturated carbocycles. The SMILES string of the molecule is CC(C)(O)c1cc(CCC(=O)CCc2cc(C(C)(C)O)cc(C(C)(C)O)c2)cc(C(C)(C)O)c1. The van der Waals surface area contributed by atoms with Crippen molar-refractivity contribution in [2.24, 2.45) is 0 Å². The van der Waals surface area contributed by atoms with Crippen LogP contribution in [0.3, 0.4) is 0 Å². The van der Waals surface area contributed by atoms with Crippen molar-refractivity contribution in [3.05, 3.63) is 69.8 Å². The third-order valence-corrected chi connectivity index (χ3v) is 6.20. The lowest BCUT2D eigenvalue weighted by atomic mass is 9.87. The molecule has 0 saturated heterocycles. The molecule has 0 unspecified atom stereocenters. The summed E-state index contributed by atoms with van der Waals surface area (Å²) in [7, 11) is 0. The Morgan fingerprint density at radius 2 is 0.765 bits per heavy atom. The van der Waals surface area contributed by atoms with Gasteiger partial charge in [-0.05, 0) is 102 Å². The lowest BCUT2D eigenvalue weighted by Gasteiger charge is -2.25. The van der Waals surface area contributed by atoms with Gasteiger partial charge in [0.15, 0.2) is 0 Å². The normalized spacial score (nSPS) is 13.3. The minimum atomic E-state index is -1.05. The van der Waals surface area contributed by atoms with Crippen LogP contribution in [0.2, 0.25) is 0 Å². The van der Waals surface area contributed by atoms with E-state index in [4.69, 9.17) is 0 Å². The Bertz CT molecular complexity index is 863. The van der Waals surface area contributed by atoms with Crippen LogP contribution in [0.5, 0.6) is 0 Å². The number of hydrogen-bond acceptors (Lipinski definition) is 5. The Labute approximate surface area is 204 Å². The van der Waals surface area contributed by atoms with Gasteiger partial charge >= 0.3 is 0 Å². The monoisotopic (exact) mass is 470 g/mol. The summed E-state index contributed by atoms with van der Waals surface area (Å²) in [5.41, 5.74) is 0.418. The highest BCUT2D eigenvalue weighted by molar-refractivity contribution is 5.79. The first-order valence-corrected chi connectivity index (χ1v) is 12.0. The fourth-order valence-electron chi connectivity index (χ4n) is 3.78. The predicted molar refractivity (Wildman–Crippen MR) is 136 cm³/mol. The van der Waals surface area contributed by atoms with Crippen molar-refractivity contribution in [2.75, 3.05) is 0 Å². The van der Waals surface area contributed by atoms with Crippen molar-refractivity contribution in [3.8, 4) is 0 Å². The molecule has 188 valence electrons. The van der Waals surface area contributed by atoms with Crippen LogP contribution in [0.15, 0.2) is 36.4 Å². The van der Waals surface area contributed by atoms with E-state index >= 15 is 0 Å². The molecular formula is C29H42O5. The van der Waals surface area contributed by atoms with E-state index in [0.29, 0.717) is 47.9 Å². The van der Waals surface area contributed by atoms with Gasteiger partial charge < -0.3 is 20.4 Å². The van der Waals surface area contributed by atoms with Gasteiger partial charge in [0.25, 0.3) is 0 Å². The van der Waals surface area contributed by atoms with E-state index in [1.54, 1.807) is 67.5 Å². The number of carbonyl (C=O) groups excluding carboxylic acids is 1. The van der Waals surface area contributed by atoms with Crippen LogP contribution < -0.4 is 0 Å². The van der Waals surface area contributed by atoms with Crippen molar-refractivity contribution in [3.63, 3.8) is 0 Å². The second-order valence-electron chi connectivity index (χ2n) is 11.6. The summed E-state index contributed by atoms with van der Waals surface area (Å²) in [5.74, 6) is 0.108. The molecule has 2 aromatic rings. The van der Waals surface area contributed by atoms with Gasteiger partial charge in [-0.1, -0.05) is 36.4 Å². The highest BCUT2D eigenvalue weighted by Crippen LogP contribution is 2.30. The molecule has 0 bridgehead atoms. The number of ketones is 1. The highest BCUT2D eigenvalue weighted by Gasteiger charge is 2.24. The van der Waals surface area contributed by atoms with Gasteiger partial charge in [-0.2, -0.15) is 0 Å². The largest absolute Gasteiger partial charge is 0.386 e. The summed E-state index contributed by atoms with van der Waals surface area (Å²) >= 11 is 0. The average Bonchev–Trinajstić information content (AvgIpc) is 2.67. The van der Waals surface area contributed by atoms with E-state index in [2.05, 4.69) is 0 Å². The van der Waals surface area contributed by atoms with Crippen molar-refractivity contribution in [2.45, 2.75) is 103 Å². The Morgan fingerprint density at radius 3 is 0.971 bits per heavy atom. The minimum absolute atomic E-state index is 0.108. The summed E-state index contributed by atoms with van der Waals surface area (Å²) < 4.78 is 0. The smallest absolute Gasteiger partial charge is 0.133 e. The summed E-state index contributed by atoms with van der Waals surface area (Å²) in [6.45, 7) is 13.6. The van der Waals surface area contributed by atoms with E-state index in [1.165, 1.54) is 0 Å². The van der Waals surface area contributed by atoms with Gasteiger partial charge in [0.2, 0.25) is 0 Å². The maximum Gasteiger partial charge on any atom is 0.133 e. The fourth-order valence-corrected chi connectivity index (χ4v) is 3.78. The second-order valence-corrected chi connectivity index (χ2v) is 11.6. The third kappa shape index (κ3) is 8.02. The summed E-state index contributed by atoms with van der Waals surface area (Å²) in [4.78, 5) is 12.7. The molecular weight excluding hydrogens is 428 g/mol. The molecule has 0 atom stereocenters. The molecule has 0 aromatic heterocycles. The van der Waals surface area contributed by atoms with Gasteiger partial charge in [0.1, 0.15) is 5.78 Å². The van der Waals surface area contributed by atoms with Crippen LogP contribution in [0.1, 0.15) is 102 Å². The molecule has 2 rings (SSSR count). The Balaban J connectivity index is 2.15. The van der Waals surface area contributed by atoms with Gasteiger partial charge in [0, 0.05) is 12.8 Å². The molecule has 0 aliphatic carbocycles. The second kappa shape index (κ2) is 9.90. The molecule has 0 heterocycles. The molecule has 0 aliphatic heterocycles. The number of rotatable bonds is 10. The molecule has 5 heteroatoms. The molecule has 0 amide bonds. The molecule has 0 radical (unpaired) electrons. The zero-order chi connectivity index (χ0) is 26.1. The summed E-state index contributed by atoms with van der Waals surface area (Å²) in [6, 6.07) is 11.2. The fraction of sp³-hybridized carbons (Fsp3) is 0.552. The topological polar surface area (TPSA) is 98.0 Å². The van der Waals surface area contributed by atoms with Gasteiger partial charge in [0.05, 0.1) is 22.4 Å². The first kappa shape index (κ1) is 28.2. The van der Waals surface area contributed by atoms with Gasteiger partial charge in [-0.3, -0.25) is 4.79 Å². The van der Waals surface area contributed by atoms with Gasteiger partial charge in [-0.25, -0.2) is 0 Å². The highest BCUT2D eigenvalue weighted by atomic mass is 16.3. The lowest BCUT2D eigenvalue weighted by Crippen LogP contribution is -2.21. The van der Waals surface area contributed by atoms with Crippen LogP contribution >= 0.6 is 0 Å². The maximum absolute atomic E-state index is 12.7. The zero-order valence-electron chi connectivity index (χ0n) is 22.0. The van der Waals surface area contributed by atoms with Crippen LogP contribution in [0.25, 0.3) is 0 Å². The number of Topliss-reactive ketones (excluding diaryl/α,β-unsaturated/α-hetero) is 1. The minimum Gasteiger partial charge on any atom is -0.386 e. The van der Waals surface area contributed by atoms with E-state index in [0.717, 1.165) is 11.1 Å². The number of benzene rings is 2. The number of hydrogen-bond donors (Lipinski definition) is 4. The molecule has 5 nitrogen and oxygen atoms in total. The lowest BCUT2D eigenvalue weighted by molar-refractivity contribution is -0.119. The number of carbonyl (C=O) groups is 1. The van der Waals surface area contributed by atoms with Crippen LogP contribution in [-0.2, 0) is 40.0 Å². The molecule has 0 fully saturated rings. The van der Waals surface area contributed by atoms with E-state index < -0.39 is 22.4 Å². The van der Waals surface area contributed by atoms with Crippen molar-refractivity contribution < 1.29 is 25.2 Å². The quantitative estimate of drug-likeness (QED) is 0.402. The standard InChI is InChI=1S/C29H42O5/c1-26(2,31)21-13-19(14-22(17-21)27(3,4)32)9-11-25(30)12-10-20-15-23(28(5,6)33)18-24(16-20)29(7,8)34/h13-18,31-34H,9-12H2,1-8H3. The molecule has 34 heavy (non-hydrogen) atoms. The van der Waals surface area contributed by atoms with Crippen LogP contribution in [-0.4, -0.2) is 26.2 Å². The molecule has 2 aromatic carbocycles. The van der Waals surface area contributed by atoms with Crippen LogP contribution in [0, 0.1) is 0 Å². The molecule has 0 spiro atoms. The summed E-state index contributed by atoms with van der Waals surface area (Å²) in [5, 5.41) is 41.9. The first-order valence-electron chi connectivity index (χ1n) is 12.0. The van der Waals surface area contributed by atoms with Crippen molar-refractivity contribution >= 4 is 5.78 Å². The number of aryl methyl sites for hydroxylation is 2. The van der Waals surface area contributed by atoms with E-state index in [9.17, 15) is 25.2 Å².